The first-order chi connectivity index (χ1) is 3.86. The predicted octanol–water partition coefficient (Wildman–Crippen LogP) is 0.0893. The van der Waals surface area contributed by atoms with Crippen LogP contribution in [0.4, 0.5) is 0 Å². The number of hydrogen-bond acceptors (Lipinski definition) is 2. The molecule has 1 unspecified atom stereocenters. The van der Waals surface area contributed by atoms with E-state index in [0.29, 0.717) is 6.10 Å². The number of hydrogen-bond donors (Lipinski definition) is 0. The number of rotatable bonds is 0. The Hall–Kier alpha value is -0.0800. The van der Waals surface area contributed by atoms with E-state index in [1.807, 2.05) is 0 Å². The lowest BCUT2D eigenvalue weighted by molar-refractivity contribution is 0.0416. The van der Waals surface area contributed by atoms with Crippen molar-refractivity contribution in [1.29, 1.82) is 0 Å². The lowest BCUT2D eigenvalue weighted by atomic mass is 10.2. The molecular formula is C6H11NO. The van der Waals surface area contributed by atoms with Crippen molar-refractivity contribution in [1.82, 2.24) is 4.90 Å². The zero-order valence-electron chi connectivity index (χ0n) is 5.13. The highest BCUT2D eigenvalue weighted by Gasteiger charge is 2.36. The Bertz CT molecular complexity index is 103. The third-order valence-electron chi connectivity index (χ3n) is 2.17. The highest BCUT2D eigenvalue weighted by molar-refractivity contribution is 4.89. The van der Waals surface area contributed by atoms with Crippen LogP contribution in [0.25, 0.3) is 0 Å². The summed E-state index contributed by atoms with van der Waals surface area (Å²) >= 11 is 0. The first-order valence-electron chi connectivity index (χ1n) is 3.18. The van der Waals surface area contributed by atoms with E-state index in [9.17, 15) is 0 Å². The molecule has 2 aliphatic heterocycles. The Labute approximate surface area is 49.4 Å². The summed E-state index contributed by atoms with van der Waals surface area (Å²) < 4.78 is 5.38. The van der Waals surface area contributed by atoms with Crippen LogP contribution in [0.5, 0.6) is 0 Å². The Morgan fingerprint density at radius 1 is 1.62 bits per heavy atom. The van der Waals surface area contributed by atoms with Crippen LogP contribution in [0.1, 0.15) is 6.42 Å². The molecule has 2 nitrogen and oxygen atoms in total. The highest BCUT2D eigenvalue weighted by Crippen LogP contribution is 2.25. The SMILES string of the molecule is CN1C[C@@H]2CC1CO2. The van der Waals surface area contributed by atoms with Gasteiger partial charge in [0.2, 0.25) is 0 Å². The topological polar surface area (TPSA) is 12.5 Å². The monoisotopic (exact) mass is 113 g/mol. The minimum Gasteiger partial charge on any atom is -0.375 e. The molecule has 2 fully saturated rings. The van der Waals surface area contributed by atoms with Gasteiger partial charge in [-0.05, 0) is 13.5 Å². The quantitative estimate of drug-likeness (QED) is 0.441. The first kappa shape index (κ1) is 4.77. The lowest BCUT2D eigenvalue weighted by Gasteiger charge is -2.21. The van der Waals surface area contributed by atoms with Crippen molar-refractivity contribution < 1.29 is 4.74 Å². The van der Waals surface area contributed by atoms with Gasteiger partial charge in [0.15, 0.2) is 0 Å². The van der Waals surface area contributed by atoms with Gasteiger partial charge in [0, 0.05) is 12.6 Å². The molecule has 2 atom stereocenters. The van der Waals surface area contributed by atoms with Crippen molar-refractivity contribution in [3.05, 3.63) is 0 Å². The Kier molecular flexibility index (Phi) is 0.866. The summed E-state index contributed by atoms with van der Waals surface area (Å²) in [5.41, 5.74) is 0. The zero-order chi connectivity index (χ0) is 5.56. The molecular weight excluding hydrogens is 102 g/mol. The van der Waals surface area contributed by atoms with E-state index in [1.165, 1.54) is 6.42 Å². The van der Waals surface area contributed by atoms with Crippen molar-refractivity contribution in [2.45, 2.75) is 18.6 Å². The van der Waals surface area contributed by atoms with Gasteiger partial charge in [-0.3, -0.25) is 4.90 Å². The Balaban J connectivity index is 2.11. The molecule has 8 heavy (non-hydrogen) atoms. The van der Waals surface area contributed by atoms with Crippen LogP contribution in [0.2, 0.25) is 0 Å². The van der Waals surface area contributed by atoms with Crippen molar-refractivity contribution in [3.8, 4) is 0 Å². The van der Waals surface area contributed by atoms with Gasteiger partial charge in [-0.15, -0.1) is 0 Å². The number of fused-ring (bicyclic) bond motifs is 2. The molecule has 2 aliphatic rings. The molecule has 0 saturated carbocycles. The fraction of sp³-hybridized carbons (Fsp3) is 1.00. The minimum absolute atomic E-state index is 0.574. The van der Waals surface area contributed by atoms with Gasteiger partial charge in [0.1, 0.15) is 0 Å². The molecule has 2 heteroatoms. The number of nitrogens with zero attached hydrogens (tertiary/aromatic N) is 1. The average molecular weight is 113 g/mol. The van der Waals surface area contributed by atoms with Gasteiger partial charge in [0.25, 0.3) is 0 Å². The van der Waals surface area contributed by atoms with Crippen LogP contribution in [0, 0.1) is 0 Å². The van der Waals surface area contributed by atoms with E-state index < -0.39 is 0 Å². The molecule has 0 aliphatic carbocycles. The van der Waals surface area contributed by atoms with Crippen LogP contribution < -0.4 is 0 Å². The van der Waals surface area contributed by atoms with Crippen molar-refractivity contribution >= 4 is 0 Å². The molecule has 2 heterocycles. The summed E-state index contributed by atoms with van der Waals surface area (Å²) in [6.07, 6.45) is 1.85. The second-order valence-electron chi connectivity index (χ2n) is 2.78. The minimum atomic E-state index is 0.574. The van der Waals surface area contributed by atoms with E-state index in [1.54, 1.807) is 0 Å². The van der Waals surface area contributed by atoms with Crippen LogP contribution in [-0.2, 0) is 4.74 Å². The maximum absolute atomic E-state index is 5.38. The number of likely N-dealkylation sites (tertiary alicyclic amines) is 1. The zero-order valence-corrected chi connectivity index (χ0v) is 5.13. The molecule has 2 saturated heterocycles. The fourth-order valence-electron chi connectivity index (χ4n) is 1.59. The maximum Gasteiger partial charge on any atom is 0.0718 e. The molecule has 0 aromatic carbocycles. The first-order valence-corrected chi connectivity index (χ1v) is 3.18. The summed E-state index contributed by atoms with van der Waals surface area (Å²) in [6, 6.07) is 0.750. The van der Waals surface area contributed by atoms with Gasteiger partial charge in [0.05, 0.1) is 12.7 Å². The third kappa shape index (κ3) is 0.501. The molecule has 0 N–H and O–H groups in total. The number of morpholine rings is 1. The second-order valence-corrected chi connectivity index (χ2v) is 2.78. The van der Waals surface area contributed by atoms with E-state index in [-0.39, 0.29) is 0 Å². The molecule has 46 valence electrons. The average Bonchev–Trinajstić information content (AvgIpc) is 2.23. The fourth-order valence-corrected chi connectivity index (χ4v) is 1.59. The third-order valence-corrected chi connectivity index (χ3v) is 2.17. The molecule has 0 aromatic heterocycles. The van der Waals surface area contributed by atoms with Crippen molar-refractivity contribution in [3.63, 3.8) is 0 Å². The second kappa shape index (κ2) is 1.45. The molecule has 0 aromatic rings. The van der Waals surface area contributed by atoms with Crippen LogP contribution >= 0.6 is 0 Å². The number of ether oxygens (including phenoxy) is 1. The van der Waals surface area contributed by atoms with Gasteiger partial charge in [-0.1, -0.05) is 0 Å². The largest absolute Gasteiger partial charge is 0.375 e. The Morgan fingerprint density at radius 2 is 2.50 bits per heavy atom. The van der Waals surface area contributed by atoms with Gasteiger partial charge in [-0.25, -0.2) is 0 Å². The van der Waals surface area contributed by atoms with Crippen molar-refractivity contribution in [2.24, 2.45) is 0 Å². The Morgan fingerprint density at radius 3 is 2.75 bits per heavy atom. The van der Waals surface area contributed by atoms with E-state index in [2.05, 4.69) is 11.9 Å². The van der Waals surface area contributed by atoms with Gasteiger partial charge >= 0.3 is 0 Å². The predicted molar refractivity (Wildman–Crippen MR) is 30.8 cm³/mol. The highest BCUT2D eigenvalue weighted by atomic mass is 16.5. The molecule has 2 bridgehead atoms. The van der Waals surface area contributed by atoms with Gasteiger partial charge in [-0.2, -0.15) is 0 Å². The normalized spacial score (nSPS) is 46.1. The standard InChI is InChI=1S/C6H11NO/c1-7-3-6-2-5(7)4-8-6/h5-6H,2-4H2,1H3/t5?,6-/m0/s1. The molecule has 0 radical (unpaired) electrons. The van der Waals surface area contributed by atoms with E-state index in [4.69, 9.17) is 4.74 Å². The van der Waals surface area contributed by atoms with Crippen molar-refractivity contribution in [2.75, 3.05) is 20.2 Å². The number of likely N-dealkylation sites (N-methyl/N-ethyl adjacent to an activating group) is 1. The van der Waals surface area contributed by atoms with E-state index >= 15 is 0 Å². The summed E-state index contributed by atoms with van der Waals surface area (Å²) in [5, 5.41) is 0. The van der Waals surface area contributed by atoms with Crippen LogP contribution in [0.3, 0.4) is 0 Å². The smallest absolute Gasteiger partial charge is 0.0718 e. The van der Waals surface area contributed by atoms with Crippen LogP contribution in [0.15, 0.2) is 0 Å². The molecule has 0 amide bonds. The van der Waals surface area contributed by atoms with Gasteiger partial charge < -0.3 is 4.74 Å². The summed E-state index contributed by atoms with van der Waals surface area (Å²) in [4.78, 5) is 2.38. The summed E-state index contributed by atoms with van der Waals surface area (Å²) in [5.74, 6) is 0. The van der Waals surface area contributed by atoms with E-state index in [0.717, 1.165) is 19.2 Å². The molecule has 2 rings (SSSR count). The van der Waals surface area contributed by atoms with Crippen LogP contribution in [-0.4, -0.2) is 37.2 Å². The summed E-state index contributed by atoms with van der Waals surface area (Å²) in [7, 11) is 2.17. The summed E-state index contributed by atoms with van der Waals surface area (Å²) in [6.45, 7) is 2.13. The maximum atomic E-state index is 5.38. The molecule has 0 spiro atoms. The lowest BCUT2D eigenvalue weighted by Crippen LogP contribution is -2.33.